The van der Waals surface area contributed by atoms with Crippen molar-refractivity contribution in [1.82, 2.24) is 20.1 Å². The number of rotatable bonds is 2. The lowest BCUT2D eigenvalue weighted by atomic mass is 9.76. The van der Waals surface area contributed by atoms with Gasteiger partial charge >= 0.3 is 0 Å². The Bertz CT molecular complexity index is 1030. The van der Waals surface area contributed by atoms with Crippen molar-refractivity contribution in [3.63, 3.8) is 0 Å². The van der Waals surface area contributed by atoms with E-state index >= 15 is 0 Å². The second kappa shape index (κ2) is 5.99. The molecule has 3 aromatic rings. The van der Waals surface area contributed by atoms with Gasteiger partial charge in [-0.1, -0.05) is 17.7 Å². The van der Waals surface area contributed by atoms with E-state index in [2.05, 4.69) is 15.4 Å². The summed E-state index contributed by atoms with van der Waals surface area (Å²) in [6.45, 7) is 2.51. The number of halogens is 1. The number of pyridine rings is 1. The molecule has 1 atom stereocenters. The standard InChI is InChI=1S/C19H19ClN4O2/c1-19(6-3-7-21-18(19)26)13-4-5-15(23-17(13)25)11-8-14(20)12-10-22-24(2)16(12)9-11/h4-5,8-10H,3,6-7H2,1-2H3,(H,21,26)(H,23,25)/t19-/m1/s1. The topological polar surface area (TPSA) is 80.0 Å². The van der Waals surface area contributed by atoms with E-state index < -0.39 is 5.41 Å². The molecular weight excluding hydrogens is 352 g/mol. The third-order valence-electron chi connectivity index (χ3n) is 5.22. The molecule has 3 heterocycles. The summed E-state index contributed by atoms with van der Waals surface area (Å²) in [6, 6.07) is 7.34. The molecule has 1 aliphatic rings. The number of aryl methyl sites for hydroxylation is 1. The zero-order valence-corrected chi connectivity index (χ0v) is 15.3. The molecule has 0 aliphatic carbocycles. The first-order chi connectivity index (χ1) is 12.4. The van der Waals surface area contributed by atoms with Crippen molar-refractivity contribution in [3.05, 3.63) is 41.0 Å². The smallest absolute Gasteiger partial charge is 0.230 e. The lowest BCUT2D eigenvalue weighted by Crippen LogP contribution is -2.47. The molecule has 2 N–H and O–H groups in total. The molecule has 7 heteroatoms. The molecule has 4 rings (SSSR count). The largest absolute Gasteiger partial charge is 0.493 e. The van der Waals surface area contributed by atoms with Crippen LogP contribution in [-0.2, 0) is 17.3 Å². The zero-order valence-electron chi connectivity index (χ0n) is 14.6. The maximum absolute atomic E-state index is 12.3. The summed E-state index contributed by atoms with van der Waals surface area (Å²) in [5, 5.41) is 19.1. The molecule has 26 heavy (non-hydrogen) atoms. The van der Waals surface area contributed by atoms with Crippen LogP contribution in [0.4, 0.5) is 0 Å². The highest BCUT2D eigenvalue weighted by molar-refractivity contribution is 6.35. The Labute approximate surface area is 155 Å². The molecule has 1 saturated heterocycles. The molecule has 0 unspecified atom stereocenters. The van der Waals surface area contributed by atoms with Crippen LogP contribution in [-0.4, -0.2) is 32.3 Å². The number of carbonyl (C=O) groups is 1. The van der Waals surface area contributed by atoms with Crippen molar-refractivity contribution in [2.45, 2.75) is 25.2 Å². The number of hydrogen-bond acceptors (Lipinski definition) is 4. The third kappa shape index (κ3) is 2.52. The van der Waals surface area contributed by atoms with Crippen LogP contribution in [0.2, 0.25) is 5.02 Å². The van der Waals surface area contributed by atoms with E-state index in [-0.39, 0.29) is 11.8 Å². The van der Waals surface area contributed by atoms with Gasteiger partial charge in [0.25, 0.3) is 0 Å². The summed E-state index contributed by atoms with van der Waals surface area (Å²) >= 11 is 6.36. The number of hydrogen-bond donors (Lipinski definition) is 2. The van der Waals surface area contributed by atoms with E-state index in [0.717, 1.165) is 22.9 Å². The van der Waals surface area contributed by atoms with Gasteiger partial charge in [-0.15, -0.1) is 0 Å². The third-order valence-corrected chi connectivity index (χ3v) is 5.53. The lowest BCUT2D eigenvalue weighted by Gasteiger charge is -2.33. The molecule has 6 nitrogen and oxygen atoms in total. The maximum Gasteiger partial charge on any atom is 0.230 e. The van der Waals surface area contributed by atoms with Gasteiger partial charge in [-0.25, -0.2) is 4.98 Å². The number of nitrogens with one attached hydrogen (secondary N) is 1. The predicted octanol–water partition coefficient (Wildman–Crippen LogP) is 3.16. The average molecular weight is 371 g/mol. The fraction of sp³-hybridized carbons (Fsp3) is 0.316. The zero-order chi connectivity index (χ0) is 18.5. The number of piperidine rings is 1. The van der Waals surface area contributed by atoms with Gasteiger partial charge in [0.05, 0.1) is 27.8 Å². The minimum absolute atomic E-state index is 0.0760. The summed E-state index contributed by atoms with van der Waals surface area (Å²) in [6.07, 6.45) is 3.27. The number of benzene rings is 1. The number of amides is 1. The number of fused-ring (bicyclic) bond motifs is 1. The quantitative estimate of drug-likeness (QED) is 0.726. The van der Waals surface area contributed by atoms with Gasteiger partial charge in [0.1, 0.15) is 0 Å². The first kappa shape index (κ1) is 16.8. The van der Waals surface area contributed by atoms with Gasteiger partial charge in [-0.3, -0.25) is 9.48 Å². The van der Waals surface area contributed by atoms with Crippen molar-refractivity contribution >= 4 is 28.4 Å². The summed E-state index contributed by atoms with van der Waals surface area (Å²) < 4.78 is 1.74. The molecule has 1 aromatic carbocycles. The van der Waals surface area contributed by atoms with Gasteiger partial charge in [-0.05, 0) is 38.0 Å². The molecule has 1 amide bonds. The van der Waals surface area contributed by atoms with Crippen LogP contribution in [0.25, 0.3) is 22.2 Å². The average Bonchev–Trinajstić information content (AvgIpc) is 2.99. The molecule has 1 fully saturated rings. The molecular formula is C19H19ClN4O2. The van der Waals surface area contributed by atoms with Crippen LogP contribution < -0.4 is 5.32 Å². The minimum atomic E-state index is -0.766. The second-order valence-corrected chi connectivity index (χ2v) is 7.33. The SMILES string of the molecule is Cn1ncc2c(Cl)cc(-c3ccc([C@@]4(C)CCCNC4=O)c(O)n3)cc21. The molecule has 1 aliphatic heterocycles. The first-order valence-corrected chi connectivity index (χ1v) is 8.88. The van der Waals surface area contributed by atoms with Crippen LogP contribution in [0.1, 0.15) is 25.3 Å². The Hall–Kier alpha value is -2.60. The highest BCUT2D eigenvalue weighted by atomic mass is 35.5. The normalized spacial score (nSPS) is 20.3. The summed E-state index contributed by atoms with van der Waals surface area (Å²) in [5.41, 5.74) is 2.04. The van der Waals surface area contributed by atoms with Crippen molar-refractivity contribution in [3.8, 4) is 17.1 Å². The molecule has 0 saturated carbocycles. The Morgan fingerprint density at radius 3 is 2.88 bits per heavy atom. The lowest BCUT2D eigenvalue weighted by molar-refractivity contribution is -0.128. The number of carbonyl (C=O) groups excluding carboxylic acids is 1. The van der Waals surface area contributed by atoms with Gasteiger partial charge in [0.15, 0.2) is 0 Å². The van der Waals surface area contributed by atoms with Crippen LogP contribution in [0.5, 0.6) is 5.88 Å². The summed E-state index contributed by atoms with van der Waals surface area (Å²) in [4.78, 5) is 16.7. The van der Waals surface area contributed by atoms with E-state index in [4.69, 9.17) is 11.6 Å². The Morgan fingerprint density at radius 2 is 2.15 bits per heavy atom. The van der Waals surface area contributed by atoms with Gasteiger partial charge in [-0.2, -0.15) is 5.10 Å². The van der Waals surface area contributed by atoms with Gasteiger partial charge in [0, 0.05) is 30.1 Å². The summed E-state index contributed by atoms with van der Waals surface area (Å²) in [7, 11) is 1.85. The fourth-order valence-corrected chi connectivity index (χ4v) is 3.87. The van der Waals surface area contributed by atoms with E-state index in [1.165, 1.54) is 0 Å². The minimum Gasteiger partial charge on any atom is -0.493 e. The predicted molar refractivity (Wildman–Crippen MR) is 100 cm³/mol. The van der Waals surface area contributed by atoms with E-state index in [1.807, 2.05) is 32.2 Å². The highest BCUT2D eigenvalue weighted by Crippen LogP contribution is 2.38. The van der Waals surface area contributed by atoms with Crippen molar-refractivity contribution in [2.75, 3.05) is 6.54 Å². The molecule has 134 valence electrons. The Morgan fingerprint density at radius 1 is 1.35 bits per heavy atom. The number of nitrogens with zero attached hydrogens (tertiary/aromatic N) is 3. The maximum atomic E-state index is 12.3. The number of aromatic nitrogens is 3. The van der Waals surface area contributed by atoms with Crippen molar-refractivity contribution in [2.24, 2.45) is 7.05 Å². The fourth-order valence-electron chi connectivity index (χ4n) is 3.60. The molecule has 2 aromatic heterocycles. The Kier molecular flexibility index (Phi) is 3.88. The molecule has 0 spiro atoms. The second-order valence-electron chi connectivity index (χ2n) is 6.92. The van der Waals surface area contributed by atoms with Gasteiger partial charge < -0.3 is 10.4 Å². The van der Waals surface area contributed by atoms with Crippen LogP contribution in [0.15, 0.2) is 30.5 Å². The van der Waals surface area contributed by atoms with Crippen molar-refractivity contribution in [1.29, 1.82) is 0 Å². The van der Waals surface area contributed by atoms with Gasteiger partial charge in [0.2, 0.25) is 11.8 Å². The van der Waals surface area contributed by atoms with E-state index in [1.54, 1.807) is 16.9 Å². The van der Waals surface area contributed by atoms with Crippen LogP contribution in [0, 0.1) is 0 Å². The van der Waals surface area contributed by atoms with Crippen LogP contribution in [0.3, 0.4) is 0 Å². The highest BCUT2D eigenvalue weighted by Gasteiger charge is 2.39. The van der Waals surface area contributed by atoms with E-state index in [0.29, 0.717) is 29.2 Å². The molecule has 0 radical (unpaired) electrons. The van der Waals surface area contributed by atoms with Crippen molar-refractivity contribution < 1.29 is 9.90 Å². The van der Waals surface area contributed by atoms with Crippen LogP contribution >= 0.6 is 11.6 Å². The Balaban J connectivity index is 1.79. The summed E-state index contributed by atoms with van der Waals surface area (Å²) in [5.74, 6) is -0.198. The first-order valence-electron chi connectivity index (χ1n) is 8.50. The van der Waals surface area contributed by atoms with E-state index in [9.17, 15) is 9.90 Å². The number of aromatic hydroxyl groups is 1. The molecule has 0 bridgehead atoms. The monoisotopic (exact) mass is 370 g/mol.